The van der Waals surface area contributed by atoms with Crippen molar-refractivity contribution in [2.24, 2.45) is 16.8 Å². The standard InChI is InChI=1S/C47H53N5O7S/c1-27(25-58-42-21-36-34(19-40(42)56-5)45(54)51-32(23-48-36)17-29-9-7-8-10-38(29)51)15-28(2)26-59-43-22-37-35(20-41(43)57-6)46(55)52-33(24-49-37)18-30-16-31(11-12-39(30)52)50-44(53)13-14-47(3,4)60/h7-12,16,19-23,27-28,32-33,49,60H,13-15,17-18,24-26H2,1-6H3,(H,50,53)/t27?,28?,32-,33-/m0/s1. The van der Waals surface area contributed by atoms with Gasteiger partial charge in [0.1, 0.15) is 0 Å². The van der Waals surface area contributed by atoms with Crippen LogP contribution in [0.2, 0.25) is 0 Å². The van der Waals surface area contributed by atoms with Crippen LogP contribution in [0.25, 0.3) is 0 Å². The summed E-state index contributed by atoms with van der Waals surface area (Å²) in [5.74, 6) is 2.12. The molecular formula is C47H53N5O7S. The van der Waals surface area contributed by atoms with Crippen LogP contribution >= 0.6 is 12.6 Å². The number of anilines is 4. The summed E-state index contributed by atoms with van der Waals surface area (Å²) in [6, 6.07) is 20.7. The van der Waals surface area contributed by atoms with Gasteiger partial charge in [0, 0.05) is 59.5 Å². The Labute approximate surface area is 357 Å². The molecule has 0 aliphatic carbocycles. The van der Waals surface area contributed by atoms with Crippen LogP contribution in [0.1, 0.15) is 78.8 Å². The summed E-state index contributed by atoms with van der Waals surface area (Å²) < 4.78 is 23.9. The van der Waals surface area contributed by atoms with E-state index < -0.39 is 0 Å². The molecule has 4 aliphatic rings. The lowest BCUT2D eigenvalue weighted by molar-refractivity contribution is -0.116. The van der Waals surface area contributed by atoms with Gasteiger partial charge in [-0.3, -0.25) is 24.3 Å². The minimum absolute atomic E-state index is 0.0549. The molecule has 2 unspecified atom stereocenters. The SMILES string of the molecule is COc1cc2c(cc1OCC(C)CC(C)COc1cc3c(cc1OC)C(=O)N1c4ccc(NC(=O)CCC(C)(C)S)cc4C[C@H]1CN3)N=C[C@@H]1Cc3ccccc3N1C2=O. The van der Waals surface area contributed by atoms with E-state index in [0.29, 0.717) is 84.5 Å². The number of methoxy groups -OCH3 is 2. The lowest BCUT2D eigenvalue weighted by atomic mass is 9.98. The number of rotatable bonds is 14. The van der Waals surface area contributed by atoms with Crippen molar-refractivity contribution in [3.8, 4) is 23.0 Å². The number of amides is 3. The minimum atomic E-state index is -0.223. The zero-order chi connectivity index (χ0) is 42.3. The molecule has 4 aromatic carbocycles. The molecule has 4 aliphatic heterocycles. The average molecular weight is 832 g/mol. The molecule has 0 saturated carbocycles. The Morgan fingerprint density at radius 1 is 0.850 bits per heavy atom. The number of nitrogens with one attached hydrogen (secondary N) is 2. The maximum Gasteiger partial charge on any atom is 0.261 e. The fraction of sp³-hybridized carbons (Fsp3) is 0.404. The molecule has 0 fully saturated rings. The Morgan fingerprint density at radius 2 is 1.52 bits per heavy atom. The van der Waals surface area contributed by atoms with Gasteiger partial charge in [0.05, 0.1) is 62.0 Å². The van der Waals surface area contributed by atoms with Gasteiger partial charge in [0.15, 0.2) is 23.0 Å². The summed E-state index contributed by atoms with van der Waals surface area (Å²) >= 11 is 4.53. The largest absolute Gasteiger partial charge is 0.493 e. The molecule has 0 bridgehead atoms. The van der Waals surface area contributed by atoms with Gasteiger partial charge in [0.25, 0.3) is 11.8 Å². The molecule has 0 spiro atoms. The van der Waals surface area contributed by atoms with Gasteiger partial charge in [-0.05, 0) is 78.6 Å². The summed E-state index contributed by atoms with van der Waals surface area (Å²) in [6.07, 6.45) is 5.11. The van der Waals surface area contributed by atoms with Gasteiger partial charge in [-0.2, -0.15) is 12.6 Å². The molecule has 13 heteroatoms. The van der Waals surface area contributed by atoms with Gasteiger partial charge < -0.3 is 34.5 Å². The molecule has 4 atom stereocenters. The second-order valence-electron chi connectivity index (χ2n) is 17.1. The Bertz CT molecular complexity index is 2360. The molecule has 2 N–H and O–H groups in total. The van der Waals surface area contributed by atoms with Crippen molar-refractivity contribution in [1.82, 2.24) is 0 Å². The first-order valence-electron chi connectivity index (χ1n) is 20.7. The molecule has 3 amide bonds. The fourth-order valence-electron chi connectivity index (χ4n) is 8.67. The fourth-order valence-corrected chi connectivity index (χ4v) is 8.79. The molecule has 8 rings (SSSR count). The second-order valence-corrected chi connectivity index (χ2v) is 18.3. The van der Waals surface area contributed by atoms with Gasteiger partial charge in [-0.1, -0.05) is 45.9 Å². The van der Waals surface area contributed by atoms with Crippen LogP contribution in [0.5, 0.6) is 23.0 Å². The number of thiol groups is 1. The molecule has 0 saturated heterocycles. The van der Waals surface area contributed by atoms with E-state index >= 15 is 0 Å². The predicted molar refractivity (Wildman–Crippen MR) is 239 cm³/mol. The summed E-state index contributed by atoms with van der Waals surface area (Å²) in [6.45, 7) is 9.66. The number of ether oxygens (including phenoxy) is 4. The summed E-state index contributed by atoms with van der Waals surface area (Å²) in [5, 5.41) is 6.51. The smallest absolute Gasteiger partial charge is 0.261 e. The van der Waals surface area contributed by atoms with Crippen molar-refractivity contribution >= 4 is 65.0 Å². The third-order valence-corrected chi connectivity index (χ3v) is 11.9. The van der Waals surface area contributed by atoms with Crippen molar-refractivity contribution in [2.75, 3.05) is 54.4 Å². The summed E-state index contributed by atoms with van der Waals surface area (Å²) in [4.78, 5) is 48.9. The zero-order valence-corrected chi connectivity index (χ0v) is 35.9. The third kappa shape index (κ3) is 8.37. The molecule has 60 heavy (non-hydrogen) atoms. The number of nitrogens with zero attached hydrogens (tertiary/aromatic N) is 3. The lowest BCUT2D eigenvalue weighted by Gasteiger charge is -2.23. The quantitative estimate of drug-likeness (QED) is 0.108. The van der Waals surface area contributed by atoms with E-state index in [1.165, 1.54) is 0 Å². The molecule has 4 aromatic rings. The van der Waals surface area contributed by atoms with Crippen molar-refractivity contribution in [2.45, 2.75) is 76.6 Å². The Balaban J connectivity index is 0.879. The van der Waals surface area contributed by atoms with E-state index in [0.717, 1.165) is 41.0 Å². The predicted octanol–water partition coefficient (Wildman–Crippen LogP) is 8.54. The lowest BCUT2D eigenvalue weighted by Crippen LogP contribution is -2.39. The van der Waals surface area contributed by atoms with Crippen LogP contribution in [0.4, 0.5) is 28.4 Å². The van der Waals surface area contributed by atoms with Crippen molar-refractivity contribution in [3.63, 3.8) is 0 Å². The van der Waals surface area contributed by atoms with Crippen molar-refractivity contribution in [3.05, 3.63) is 89.0 Å². The zero-order valence-electron chi connectivity index (χ0n) is 35.0. The van der Waals surface area contributed by atoms with Crippen LogP contribution in [0, 0.1) is 11.8 Å². The number of carbonyl (C=O) groups excluding carboxylic acids is 3. The van der Waals surface area contributed by atoms with E-state index in [-0.39, 0.29) is 46.4 Å². The number of aliphatic imine (C=N–C) groups is 1. The molecular weight excluding hydrogens is 779 g/mol. The van der Waals surface area contributed by atoms with Gasteiger partial charge in [-0.15, -0.1) is 0 Å². The highest BCUT2D eigenvalue weighted by Gasteiger charge is 2.39. The normalized spacial score (nSPS) is 18.4. The topological polar surface area (TPSA) is 131 Å². The summed E-state index contributed by atoms with van der Waals surface area (Å²) in [5.41, 5.74) is 6.88. The number of hydrogen-bond acceptors (Lipinski definition) is 10. The highest BCUT2D eigenvalue weighted by Crippen LogP contribution is 2.43. The van der Waals surface area contributed by atoms with Gasteiger partial charge in [-0.25, -0.2) is 0 Å². The summed E-state index contributed by atoms with van der Waals surface area (Å²) in [7, 11) is 3.15. The van der Waals surface area contributed by atoms with Crippen LogP contribution in [0.15, 0.2) is 71.7 Å². The Hall–Kier alpha value is -5.69. The first-order chi connectivity index (χ1) is 28.8. The number of para-hydroxylation sites is 1. The first-order valence-corrected chi connectivity index (χ1v) is 21.1. The molecule has 12 nitrogen and oxygen atoms in total. The van der Waals surface area contributed by atoms with Crippen molar-refractivity contribution < 1.29 is 33.3 Å². The Kier molecular flexibility index (Phi) is 11.5. The van der Waals surface area contributed by atoms with Crippen molar-refractivity contribution in [1.29, 1.82) is 0 Å². The number of hydrogen-bond donors (Lipinski definition) is 3. The average Bonchev–Trinajstić information content (AvgIpc) is 3.71. The Morgan fingerprint density at radius 3 is 2.23 bits per heavy atom. The van der Waals surface area contributed by atoms with Crippen LogP contribution < -0.4 is 39.4 Å². The van der Waals surface area contributed by atoms with E-state index in [1.807, 2.05) is 72.3 Å². The highest BCUT2D eigenvalue weighted by molar-refractivity contribution is 7.81. The van der Waals surface area contributed by atoms with Crippen LogP contribution in [-0.2, 0) is 17.6 Å². The highest BCUT2D eigenvalue weighted by atomic mass is 32.1. The minimum Gasteiger partial charge on any atom is -0.493 e. The molecule has 0 aromatic heterocycles. The maximum absolute atomic E-state index is 14.1. The maximum atomic E-state index is 14.1. The van der Waals surface area contributed by atoms with Gasteiger partial charge in [0.2, 0.25) is 5.91 Å². The van der Waals surface area contributed by atoms with Crippen LogP contribution in [0.3, 0.4) is 0 Å². The number of benzene rings is 4. The molecule has 0 radical (unpaired) electrons. The number of carbonyl (C=O) groups is 3. The van der Waals surface area contributed by atoms with Crippen LogP contribution in [-0.4, -0.2) is 74.7 Å². The first kappa shape index (κ1) is 41.1. The van der Waals surface area contributed by atoms with E-state index in [1.54, 1.807) is 32.4 Å². The molecule has 4 heterocycles. The van der Waals surface area contributed by atoms with E-state index in [4.69, 9.17) is 23.9 Å². The second kappa shape index (κ2) is 16.8. The third-order valence-electron chi connectivity index (χ3n) is 11.7. The van der Waals surface area contributed by atoms with E-state index in [2.05, 4.69) is 43.2 Å². The van der Waals surface area contributed by atoms with Gasteiger partial charge >= 0.3 is 0 Å². The molecule has 314 valence electrons. The monoisotopic (exact) mass is 831 g/mol. The van der Waals surface area contributed by atoms with E-state index in [9.17, 15) is 14.4 Å². The number of fused-ring (bicyclic) bond motifs is 8.